The maximum absolute atomic E-state index is 10.8. The molecule has 3 rings (SSSR count). The highest BCUT2D eigenvalue weighted by atomic mass is 16.5. The smallest absolute Gasteiger partial charge is 0.122 e. The van der Waals surface area contributed by atoms with E-state index in [9.17, 15) is 5.11 Å². The molecule has 1 unspecified atom stereocenters. The molecule has 0 aromatic heterocycles. The van der Waals surface area contributed by atoms with Gasteiger partial charge in [0, 0.05) is 6.42 Å². The van der Waals surface area contributed by atoms with Crippen LogP contribution in [-0.2, 0) is 12.0 Å². The molecule has 3 heteroatoms. The summed E-state index contributed by atoms with van der Waals surface area (Å²) in [5.74, 6) is 0.907. The molecule has 1 heterocycles. The zero-order valence-electron chi connectivity index (χ0n) is 11.3. The number of hydrogen-bond donors (Lipinski definition) is 1. The van der Waals surface area contributed by atoms with Crippen molar-refractivity contribution in [3.8, 4) is 11.8 Å². The summed E-state index contributed by atoms with van der Waals surface area (Å²) in [4.78, 5) is 0. The molecule has 0 saturated carbocycles. The van der Waals surface area contributed by atoms with Crippen molar-refractivity contribution in [2.75, 3.05) is 6.61 Å². The molecule has 3 nitrogen and oxygen atoms in total. The molecule has 1 N–H and O–H groups in total. The monoisotopic (exact) mass is 265 g/mol. The van der Waals surface area contributed by atoms with E-state index < -0.39 is 5.60 Å². The Morgan fingerprint density at radius 2 is 1.85 bits per heavy atom. The largest absolute Gasteiger partial charge is 0.493 e. The van der Waals surface area contributed by atoms with Crippen LogP contribution in [0.15, 0.2) is 42.5 Å². The number of benzene rings is 2. The summed E-state index contributed by atoms with van der Waals surface area (Å²) in [5.41, 5.74) is 2.26. The van der Waals surface area contributed by atoms with Gasteiger partial charge in [0.15, 0.2) is 0 Å². The molecule has 20 heavy (non-hydrogen) atoms. The van der Waals surface area contributed by atoms with Crippen molar-refractivity contribution in [3.63, 3.8) is 0 Å². The molecule has 2 aromatic rings. The summed E-state index contributed by atoms with van der Waals surface area (Å²) in [5, 5.41) is 19.7. The Morgan fingerprint density at radius 3 is 2.55 bits per heavy atom. The molecular formula is C17H15NO2. The van der Waals surface area contributed by atoms with Crippen LogP contribution in [0.4, 0.5) is 0 Å². The van der Waals surface area contributed by atoms with Crippen molar-refractivity contribution in [1.29, 1.82) is 5.26 Å². The van der Waals surface area contributed by atoms with Gasteiger partial charge in [-0.15, -0.1) is 0 Å². The van der Waals surface area contributed by atoms with Crippen LogP contribution in [0.2, 0.25) is 0 Å². The Kier molecular flexibility index (Phi) is 2.96. The lowest BCUT2D eigenvalue weighted by Crippen LogP contribution is -2.22. The first kappa shape index (κ1) is 12.7. The topological polar surface area (TPSA) is 53.2 Å². The second kappa shape index (κ2) is 4.66. The van der Waals surface area contributed by atoms with Crippen molar-refractivity contribution < 1.29 is 9.84 Å². The third kappa shape index (κ3) is 2.04. The van der Waals surface area contributed by atoms with Crippen molar-refractivity contribution in [2.24, 2.45) is 0 Å². The molecule has 0 saturated heterocycles. The predicted molar refractivity (Wildman–Crippen MR) is 75.5 cm³/mol. The maximum Gasteiger partial charge on any atom is 0.122 e. The van der Waals surface area contributed by atoms with Crippen molar-refractivity contribution in [1.82, 2.24) is 0 Å². The zero-order valence-corrected chi connectivity index (χ0v) is 11.3. The van der Waals surface area contributed by atoms with Gasteiger partial charge in [-0.05, 0) is 47.9 Å². The van der Waals surface area contributed by atoms with Crippen LogP contribution in [0, 0.1) is 11.3 Å². The fourth-order valence-electron chi connectivity index (χ4n) is 2.53. The van der Waals surface area contributed by atoms with E-state index in [1.807, 2.05) is 18.2 Å². The van der Waals surface area contributed by atoms with E-state index in [0.717, 1.165) is 28.9 Å². The van der Waals surface area contributed by atoms with Gasteiger partial charge in [0.25, 0.3) is 0 Å². The molecule has 1 atom stereocenters. The number of rotatable bonds is 2. The first-order chi connectivity index (χ1) is 9.61. The van der Waals surface area contributed by atoms with Gasteiger partial charge in [-0.1, -0.05) is 18.2 Å². The van der Waals surface area contributed by atoms with Gasteiger partial charge < -0.3 is 9.84 Å². The third-order valence-electron chi connectivity index (χ3n) is 3.83. The number of nitriles is 1. The second-order valence-electron chi connectivity index (χ2n) is 5.18. The summed E-state index contributed by atoms with van der Waals surface area (Å²) >= 11 is 0. The van der Waals surface area contributed by atoms with Crippen molar-refractivity contribution >= 4 is 0 Å². The normalized spacial score (nSPS) is 15.8. The van der Waals surface area contributed by atoms with E-state index in [2.05, 4.69) is 6.07 Å². The number of fused-ring (bicyclic) bond motifs is 1. The first-order valence-corrected chi connectivity index (χ1v) is 6.60. The van der Waals surface area contributed by atoms with E-state index in [1.54, 1.807) is 31.2 Å². The SMILES string of the molecule is CC(O)(c1ccc(C#N)cc1)c1ccc2c(c1)CCO2. The van der Waals surface area contributed by atoms with E-state index in [1.165, 1.54) is 0 Å². The summed E-state index contributed by atoms with van der Waals surface area (Å²) in [6, 6.07) is 14.9. The average molecular weight is 265 g/mol. The van der Waals surface area contributed by atoms with E-state index in [0.29, 0.717) is 12.2 Å². The molecule has 0 spiro atoms. The minimum atomic E-state index is -1.08. The molecule has 0 radical (unpaired) electrons. The van der Waals surface area contributed by atoms with E-state index in [-0.39, 0.29) is 0 Å². The predicted octanol–water partition coefficient (Wildman–Crippen LogP) is 2.75. The lowest BCUT2D eigenvalue weighted by atomic mass is 9.87. The van der Waals surface area contributed by atoms with Gasteiger partial charge >= 0.3 is 0 Å². The highest BCUT2D eigenvalue weighted by Gasteiger charge is 2.27. The molecule has 0 bridgehead atoms. The van der Waals surface area contributed by atoms with Crippen LogP contribution >= 0.6 is 0 Å². The molecule has 1 aliphatic heterocycles. The fraction of sp³-hybridized carbons (Fsp3) is 0.235. The third-order valence-corrected chi connectivity index (χ3v) is 3.83. The summed E-state index contributed by atoms with van der Waals surface area (Å²) in [6.45, 7) is 2.48. The highest BCUT2D eigenvalue weighted by Crippen LogP contribution is 2.34. The number of ether oxygens (including phenoxy) is 1. The molecule has 0 fully saturated rings. The van der Waals surface area contributed by atoms with Crippen LogP contribution in [0.3, 0.4) is 0 Å². The lowest BCUT2D eigenvalue weighted by molar-refractivity contribution is 0.102. The van der Waals surface area contributed by atoms with Crippen LogP contribution in [0.5, 0.6) is 5.75 Å². The number of nitrogens with zero attached hydrogens (tertiary/aromatic N) is 1. The van der Waals surface area contributed by atoms with Crippen LogP contribution in [0.1, 0.15) is 29.2 Å². The van der Waals surface area contributed by atoms with Gasteiger partial charge in [0.1, 0.15) is 11.4 Å². The van der Waals surface area contributed by atoms with Gasteiger partial charge in [-0.25, -0.2) is 0 Å². The highest BCUT2D eigenvalue weighted by molar-refractivity contribution is 5.45. The molecule has 1 aliphatic rings. The van der Waals surface area contributed by atoms with Gasteiger partial charge in [-0.2, -0.15) is 5.26 Å². The summed E-state index contributed by atoms with van der Waals surface area (Å²) in [7, 11) is 0. The zero-order chi connectivity index (χ0) is 14.2. The Labute approximate surface area is 118 Å². The molecular weight excluding hydrogens is 250 g/mol. The van der Waals surface area contributed by atoms with E-state index >= 15 is 0 Å². The van der Waals surface area contributed by atoms with E-state index in [4.69, 9.17) is 10.00 Å². The second-order valence-corrected chi connectivity index (χ2v) is 5.18. The van der Waals surface area contributed by atoms with Gasteiger partial charge in [-0.3, -0.25) is 0 Å². The van der Waals surface area contributed by atoms with Crippen molar-refractivity contribution in [2.45, 2.75) is 18.9 Å². The average Bonchev–Trinajstić information content (AvgIpc) is 2.94. The van der Waals surface area contributed by atoms with Crippen LogP contribution < -0.4 is 4.74 Å². The van der Waals surface area contributed by atoms with Crippen LogP contribution in [-0.4, -0.2) is 11.7 Å². The lowest BCUT2D eigenvalue weighted by Gasteiger charge is -2.25. The fourth-order valence-corrected chi connectivity index (χ4v) is 2.53. The molecule has 0 aliphatic carbocycles. The Balaban J connectivity index is 2.00. The molecule has 100 valence electrons. The van der Waals surface area contributed by atoms with Crippen LogP contribution in [0.25, 0.3) is 0 Å². The Morgan fingerprint density at radius 1 is 1.15 bits per heavy atom. The first-order valence-electron chi connectivity index (χ1n) is 6.60. The maximum atomic E-state index is 10.8. The quantitative estimate of drug-likeness (QED) is 0.908. The minimum absolute atomic E-state index is 0.590. The minimum Gasteiger partial charge on any atom is -0.493 e. The Hall–Kier alpha value is -2.31. The standard InChI is InChI=1S/C17H15NO2/c1-17(19,14-4-2-12(11-18)3-5-14)15-6-7-16-13(10-15)8-9-20-16/h2-7,10,19H,8-9H2,1H3. The molecule has 0 amide bonds. The molecule has 2 aromatic carbocycles. The van der Waals surface area contributed by atoms with Crippen molar-refractivity contribution in [3.05, 3.63) is 64.7 Å². The number of hydrogen-bond acceptors (Lipinski definition) is 3. The van der Waals surface area contributed by atoms with Gasteiger partial charge in [0.05, 0.1) is 18.2 Å². The Bertz CT molecular complexity index is 681. The van der Waals surface area contributed by atoms with Gasteiger partial charge in [0.2, 0.25) is 0 Å². The number of aliphatic hydroxyl groups is 1. The summed E-state index contributed by atoms with van der Waals surface area (Å²) < 4.78 is 5.48. The summed E-state index contributed by atoms with van der Waals surface area (Å²) in [6.07, 6.45) is 0.882.